The number of halogens is 3. The van der Waals surface area contributed by atoms with Gasteiger partial charge in [0.05, 0.1) is 12.2 Å². The van der Waals surface area contributed by atoms with Crippen LogP contribution in [-0.2, 0) is 15.7 Å². The molecular formula is C13H15F3N2O3. The summed E-state index contributed by atoms with van der Waals surface area (Å²) in [4.78, 5) is 22.5. The number of nitrogens with one attached hydrogen (secondary N) is 2. The van der Waals surface area contributed by atoms with Gasteiger partial charge in [-0.2, -0.15) is 13.2 Å². The Bertz CT molecular complexity index is 530. The van der Waals surface area contributed by atoms with Gasteiger partial charge in [0.15, 0.2) is 0 Å². The fraction of sp³-hybridized carbons (Fsp3) is 0.385. The van der Waals surface area contributed by atoms with E-state index in [0.717, 1.165) is 6.07 Å². The van der Waals surface area contributed by atoms with Crippen LogP contribution in [0.3, 0.4) is 0 Å². The van der Waals surface area contributed by atoms with Gasteiger partial charge in [0, 0.05) is 5.69 Å². The van der Waals surface area contributed by atoms with Crippen molar-refractivity contribution in [2.75, 3.05) is 18.5 Å². The molecule has 116 valence electrons. The summed E-state index contributed by atoms with van der Waals surface area (Å²) in [5, 5.41) is 4.40. The minimum absolute atomic E-state index is 0.0192. The van der Waals surface area contributed by atoms with Crippen LogP contribution < -0.4 is 10.6 Å². The molecule has 0 aliphatic rings. The van der Waals surface area contributed by atoms with Gasteiger partial charge in [0.1, 0.15) is 6.54 Å². The molecule has 21 heavy (non-hydrogen) atoms. The summed E-state index contributed by atoms with van der Waals surface area (Å²) in [5.74, 6) is -0.632. The zero-order valence-corrected chi connectivity index (χ0v) is 11.5. The van der Waals surface area contributed by atoms with E-state index in [1.54, 1.807) is 6.92 Å². The summed E-state index contributed by atoms with van der Waals surface area (Å²) in [7, 11) is 0. The number of alkyl halides is 3. The second-order valence-corrected chi connectivity index (χ2v) is 4.14. The van der Waals surface area contributed by atoms with Crippen molar-refractivity contribution in [1.29, 1.82) is 0 Å². The lowest BCUT2D eigenvalue weighted by molar-refractivity contribution is -0.141. The maximum Gasteiger partial charge on any atom is 0.416 e. The zero-order valence-electron chi connectivity index (χ0n) is 11.5. The number of rotatable bonds is 4. The molecule has 0 aliphatic heterocycles. The molecule has 5 nitrogen and oxygen atoms in total. The Morgan fingerprint density at radius 3 is 2.52 bits per heavy atom. The number of aryl methyl sites for hydroxylation is 1. The lowest BCUT2D eigenvalue weighted by Gasteiger charge is -2.13. The Hall–Kier alpha value is -2.25. The van der Waals surface area contributed by atoms with Crippen molar-refractivity contribution in [3.05, 3.63) is 29.3 Å². The Balaban J connectivity index is 2.67. The third-order valence-corrected chi connectivity index (χ3v) is 2.50. The smallest absolute Gasteiger partial charge is 0.416 e. The van der Waals surface area contributed by atoms with E-state index in [0.29, 0.717) is 0 Å². The zero-order chi connectivity index (χ0) is 16.0. The highest BCUT2D eigenvalue weighted by molar-refractivity contribution is 5.91. The first kappa shape index (κ1) is 16.8. The average Bonchev–Trinajstić information content (AvgIpc) is 2.38. The summed E-state index contributed by atoms with van der Waals surface area (Å²) >= 11 is 0. The molecule has 0 fully saturated rings. The molecular weight excluding hydrogens is 289 g/mol. The first-order valence-electron chi connectivity index (χ1n) is 6.12. The molecule has 0 heterocycles. The van der Waals surface area contributed by atoms with Crippen LogP contribution >= 0.6 is 0 Å². The molecule has 1 aromatic rings. The van der Waals surface area contributed by atoms with Crippen molar-refractivity contribution in [2.24, 2.45) is 0 Å². The number of esters is 1. The van der Waals surface area contributed by atoms with E-state index in [1.807, 2.05) is 0 Å². The molecule has 0 saturated carbocycles. The van der Waals surface area contributed by atoms with E-state index in [1.165, 1.54) is 19.1 Å². The van der Waals surface area contributed by atoms with E-state index < -0.39 is 23.7 Å². The standard InChI is InChI=1S/C13H15F3N2O3/c1-3-21-11(19)7-17-12(20)18-9-5-4-8(2)10(6-9)13(14,15)16/h4-6H,3,7H2,1-2H3,(H2,17,18,20). The predicted octanol–water partition coefficient (Wildman–Crippen LogP) is 2.70. The number of anilines is 1. The Kier molecular flexibility index (Phi) is 5.57. The van der Waals surface area contributed by atoms with Gasteiger partial charge in [-0.15, -0.1) is 0 Å². The summed E-state index contributed by atoms with van der Waals surface area (Å²) in [6, 6.07) is 2.64. The number of carbonyl (C=O) groups excluding carboxylic acids is 2. The molecule has 8 heteroatoms. The number of carbonyl (C=O) groups is 2. The van der Waals surface area contributed by atoms with Gasteiger partial charge in [0.2, 0.25) is 0 Å². The maximum atomic E-state index is 12.7. The maximum absolute atomic E-state index is 12.7. The van der Waals surface area contributed by atoms with Crippen molar-refractivity contribution in [3.8, 4) is 0 Å². The van der Waals surface area contributed by atoms with Crippen LogP contribution in [-0.4, -0.2) is 25.2 Å². The number of hydrogen-bond acceptors (Lipinski definition) is 3. The fourth-order valence-electron chi connectivity index (χ4n) is 1.54. The molecule has 0 unspecified atom stereocenters. The molecule has 2 N–H and O–H groups in total. The van der Waals surface area contributed by atoms with E-state index in [4.69, 9.17) is 0 Å². The van der Waals surface area contributed by atoms with E-state index in [9.17, 15) is 22.8 Å². The van der Waals surface area contributed by atoms with Crippen LogP contribution in [0.4, 0.5) is 23.7 Å². The number of amides is 2. The number of hydrogen-bond donors (Lipinski definition) is 2. The monoisotopic (exact) mass is 304 g/mol. The molecule has 0 atom stereocenters. The van der Waals surface area contributed by atoms with Crippen molar-refractivity contribution < 1.29 is 27.5 Å². The van der Waals surface area contributed by atoms with Gasteiger partial charge in [-0.3, -0.25) is 4.79 Å². The minimum Gasteiger partial charge on any atom is -0.465 e. The summed E-state index contributed by atoms with van der Waals surface area (Å²) in [6.07, 6.45) is -4.50. The normalized spacial score (nSPS) is 10.9. The Morgan fingerprint density at radius 2 is 1.95 bits per heavy atom. The van der Waals surface area contributed by atoms with E-state index in [-0.39, 0.29) is 24.4 Å². The Morgan fingerprint density at radius 1 is 1.29 bits per heavy atom. The molecule has 0 aromatic heterocycles. The minimum atomic E-state index is -4.50. The van der Waals surface area contributed by atoms with Gasteiger partial charge in [0.25, 0.3) is 0 Å². The highest BCUT2D eigenvalue weighted by Gasteiger charge is 2.32. The van der Waals surface area contributed by atoms with Gasteiger partial charge in [-0.1, -0.05) is 6.07 Å². The lowest BCUT2D eigenvalue weighted by atomic mass is 10.1. The SMILES string of the molecule is CCOC(=O)CNC(=O)Nc1ccc(C)c(C(F)(F)F)c1. The van der Waals surface area contributed by atoms with Gasteiger partial charge in [-0.05, 0) is 31.5 Å². The first-order chi connectivity index (χ1) is 9.74. The van der Waals surface area contributed by atoms with Gasteiger partial charge in [-0.25, -0.2) is 4.79 Å². The summed E-state index contributed by atoms with van der Waals surface area (Å²) in [6.45, 7) is 2.75. The second-order valence-electron chi connectivity index (χ2n) is 4.14. The van der Waals surface area contributed by atoms with Crippen molar-refractivity contribution in [3.63, 3.8) is 0 Å². The van der Waals surface area contributed by atoms with Crippen LogP contribution in [0.2, 0.25) is 0 Å². The molecule has 0 spiro atoms. The average molecular weight is 304 g/mol. The number of urea groups is 1. The highest BCUT2D eigenvalue weighted by atomic mass is 19.4. The molecule has 2 amide bonds. The van der Waals surface area contributed by atoms with Crippen LogP contribution in [0.15, 0.2) is 18.2 Å². The molecule has 0 aliphatic carbocycles. The van der Waals surface area contributed by atoms with Crippen LogP contribution in [0, 0.1) is 6.92 Å². The molecule has 0 bridgehead atoms. The summed E-state index contributed by atoms with van der Waals surface area (Å²) in [5.41, 5.74) is -0.792. The lowest BCUT2D eigenvalue weighted by Crippen LogP contribution is -2.34. The molecule has 1 aromatic carbocycles. The van der Waals surface area contributed by atoms with Crippen molar-refractivity contribution >= 4 is 17.7 Å². The van der Waals surface area contributed by atoms with E-state index in [2.05, 4.69) is 15.4 Å². The fourth-order valence-corrected chi connectivity index (χ4v) is 1.54. The van der Waals surface area contributed by atoms with E-state index >= 15 is 0 Å². The number of benzene rings is 1. The van der Waals surface area contributed by atoms with Gasteiger partial charge >= 0.3 is 18.2 Å². The van der Waals surface area contributed by atoms with Gasteiger partial charge < -0.3 is 15.4 Å². The summed E-state index contributed by atoms with van der Waals surface area (Å²) < 4.78 is 42.7. The highest BCUT2D eigenvalue weighted by Crippen LogP contribution is 2.33. The largest absolute Gasteiger partial charge is 0.465 e. The quantitative estimate of drug-likeness (QED) is 0.840. The molecule has 1 rings (SSSR count). The van der Waals surface area contributed by atoms with Crippen molar-refractivity contribution in [1.82, 2.24) is 5.32 Å². The molecule has 0 saturated heterocycles. The van der Waals surface area contributed by atoms with Crippen molar-refractivity contribution in [2.45, 2.75) is 20.0 Å². The second kappa shape index (κ2) is 6.96. The van der Waals surface area contributed by atoms with Crippen LogP contribution in [0.25, 0.3) is 0 Å². The predicted molar refractivity (Wildman–Crippen MR) is 69.8 cm³/mol. The molecule has 0 radical (unpaired) electrons. The third kappa shape index (κ3) is 5.33. The Labute approximate surface area is 119 Å². The number of ether oxygens (including phenoxy) is 1. The van der Waals surface area contributed by atoms with Crippen LogP contribution in [0.5, 0.6) is 0 Å². The topological polar surface area (TPSA) is 67.4 Å². The van der Waals surface area contributed by atoms with Crippen LogP contribution in [0.1, 0.15) is 18.1 Å². The first-order valence-corrected chi connectivity index (χ1v) is 6.12. The third-order valence-electron chi connectivity index (χ3n) is 2.50.